The van der Waals surface area contributed by atoms with Gasteiger partial charge in [-0.1, -0.05) is 17.4 Å². The van der Waals surface area contributed by atoms with Crippen LogP contribution in [0.3, 0.4) is 0 Å². The zero-order valence-corrected chi connectivity index (χ0v) is 14.3. The van der Waals surface area contributed by atoms with E-state index < -0.39 is 0 Å². The number of halogens is 1. The Morgan fingerprint density at radius 1 is 1.21 bits per heavy atom. The number of rotatable bonds is 3. The summed E-state index contributed by atoms with van der Waals surface area (Å²) in [4.78, 5) is 13.7. The molecule has 4 rings (SSSR count). The van der Waals surface area contributed by atoms with Gasteiger partial charge in [-0.2, -0.15) is 0 Å². The maximum atomic E-state index is 13.3. The largest absolute Gasteiger partial charge is 0.357 e. The van der Waals surface area contributed by atoms with E-state index in [0.717, 1.165) is 47.1 Å². The molecule has 0 radical (unpaired) electrons. The Balaban J connectivity index is 1.45. The minimum atomic E-state index is -0.201. The molecule has 0 atom stereocenters. The molecule has 124 valence electrons. The lowest BCUT2D eigenvalue weighted by Crippen LogP contribution is -2.43. The van der Waals surface area contributed by atoms with E-state index in [1.807, 2.05) is 18.3 Å². The van der Waals surface area contributed by atoms with Crippen molar-refractivity contribution in [3.8, 4) is 0 Å². The predicted octanol–water partition coefficient (Wildman–Crippen LogP) is 3.94. The highest BCUT2D eigenvalue weighted by molar-refractivity contribution is 7.22. The van der Waals surface area contributed by atoms with E-state index in [1.165, 1.54) is 6.07 Å². The first-order valence-corrected chi connectivity index (χ1v) is 8.97. The molecule has 1 aromatic carbocycles. The highest BCUT2D eigenvalue weighted by Crippen LogP contribution is 2.31. The molecule has 0 N–H and O–H groups in total. The number of piperidine rings is 1. The minimum Gasteiger partial charge on any atom is -0.357 e. The van der Waals surface area contributed by atoms with Crippen LogP contribution in [-0.4, -0.2) is 36.1 Å². The van der Waals surface area contributed by atoms with Crippen LogP contribution in [0.1, 0.15) is 12.8 Å². The smallest absolute Gasteiger partial charge is 0.186 e. The summed E-state index contributed by atoms with van der Waals surface area (Å²) in [6.07, 6.45) is 3.97. The van der Waals surface area contributed by atoms with Gasteiger partial charge in [0.05, 0.1) is 10.2 Å². The van der Waals surface area contributed by atoms with Crippen LogP contribution in [0.2, 0.25) is 0 Å². The molecule has 0 bridgehead atoms. The summed E-state index contributed by atoms with van der Waals surface area (Å²) in [5.74, 6) is 0.819. The Kier molecular flexibility index (Phi) is 4.06. The lowest BCUT2D eigenvalue weighted by Gasteiger charge is -2.37. The average Bonchev–Trinajstić information content (AvgIpc) is 3.05. The second kappa shape index (κ2) is 6.36. The Morgan fingerprint density at radius 2 is 2.04 bits per heavy atom. The second-order valence-corrected chi connectivity index (χ2v) is 7.13. The van der Waals surface area contributed by atoms with Gasteiger partial charge in [0, 0.05) is 32.4 Å². The first-order valence-electron chi connectivity index (χ1n) is 8.15. The summed E-state index contributed by atoms with van der Waals surface area (Å²) in [7, 11) is 2.11. The number of aromatic nitrogens is 2. The zero-order valence-electron chi connectivity index (χ0n) is 13.5. The minimum absolute atomic E-state index is 0.201. The summed E-state index contributed by atoms with van der Waals surface area (Å²) in [5.41, 5.74) is 0.879. The molecule has 6 heteroatoms. The molecule has 0 amide bonds. The summed E-state index contributed by atoms with van der Waals surface area (Å²) >= 11 is 1.57. The number of hydrogen-bond donors (Lipinski definition) is 0. The van der Waals surface area contributed by atoms with Crippen LogP contribution in [0, 0.1) is 5.82 Å². The van der Waals surface area contributed by atoms with Gasteiger partial charge in [-0.15, -0.1) is 0 Å². The average molecular weight is 342 g/mol. The maximum absolute atomic E-state index is 13.3. The van der Waals surface area contributed by atoms with Crippen LogP contribution in [0.4, 0.5) is 15.3 Å². The van der Waals surface area contributed by atoms with Crippen molar-refractivity contribution in [3.63, 3.8) is 0 Å². The molecule has 0 unspecified atom stereocenters. The molecule has 24 heavy (non-hydrogen) atoms. The van der Waals surface area contributed by atoms with Gasteiger partial charge in [-0.05, 0) is 43.2 Å². The molecule has 1 fully saturated rings. The van der Waals surface area contributed by atoms with E-state index >= 15 is 0 Å². The molecule has 4 nitrogen and oxygen atoms in total. The number of hydrogen-bond acceptors (Lipinski definition) is 5. The molecule has 3 heterocycles. The van der Waals surface area contributed by atoms with Crippen molar-refractivity contribution < 1.29 is 4.39 Å². The van der Waals surface area contributed by atoms with E-state index in [9.17, 15) is 4.39 Å². The molecule has 0 aliphatic carbocycles. The van der Waals surface area contributed by atoms with Crippen LogP contribution < -0.4 is 9.80 Å². The van der Waals surface area contributed by atoms with Gasteiger partial charge >= 0.3 is 0 Å². The Labute approximate surface area is 144 Å². The lowest BCUT2D eigenvalue weighted by molar-refractivity contribution is 0.480. The highest BCUT2D eigenvalue weighted by Gasteiger charge is 2.25. The molecule has 2 aromatic heterocycles. The monoisotopic (exact) mass is 342 g/mol. The SMILES string of the molecule is CN(c1ccccn1)C1CCN(c2nc3ccc(F)cc3s2)CC1. The summed E-state index contributed by atoms with van der Waals surface area (Å²) in [6, 6.07) is 11.3. The van der Waals surface area contributed by atoms with Gasteiger partial charge in [0.25, 0.3) is 0 Å². The van der Waals surface area contributed by atoms with Crippen molar-refractivity contribution in [1.29, 1.82) is 0 Å². The molecule has 0 spiro atoms. The third kappa shape index (κ3) is 2.94. The first-order chi connectivity index (χ1) is 11.7. The van der Waals surface area contributed by atoms with Gasteiger partial charge in [0.1, 0.15) is 11.6 Å². The second-order valence-electron chi connectivity index (χ2n) is 6.13. The van der Waals surface area contributed by atoms with E-state index in [0.29, 0.717) is 6.04 Å². The van der Waals surface area contributed by atoms with Crippen molar-refractivity contribution >= 4 is 32.5 Å². The highest BCUT2D eigenvalue weighted by atomic mass is 32.1. The van der Waals surface area contributed by atoms with Crippen LogP contribution in [-0.2, 0) is 0 Å². The van der Waals surface area contributed by atoms with E-state index in [4.69, 9.17) is 0 Å². The van der Waals surface area contributed by atoms with Gasteiger partial charge < -0.3 is 9.80 Å². The van der Waals surface area contributed by atoms with Crippen LogP contribution in [0.15, 0.2) is 42.6 Å². The topological polar surface area (TPSA) is 32.3 Å². The van der Waals surface area contributed by atoms with Crippen LogP contribution in [0.5, 0.6) is 0 Å². The van der Waals surface area contributed by atoms with Gasteiger partial charge in [-0.3, -0.25) is 0 Å². The quantitative estimate of drug-likeness (QED) is 0.722. The summed E-state index contributed by atoms with van der Waals surface area (Å²) in [5, 5.41) is 0.995. The van der Waals surface area contributed by atoms with Crippen molar-refractivity contribution in [2.24, 2.45) is 0 Å². The number of benzene rings is 1. The van der Waals surface area contributed by atoms with Gasteiger partial charge in [0.15, 0.2) is 5.13 Å². The normalized spacial score (nSPS) is 15.8. The molecule has 1 saturated heterocycles. The van der Waals surface area contributed by atoms with Crippen molar-refractivity contribution in [1.82, 2.24) is 9.97 Å². The fraction of sp³-hybridized carbons (Fsp3) is 0.333. The van der Waals surface area contributed by atoms with Gasteiger partial charge in [0.2, 0.25) is 0 Å². The van der Waals surface area contributed by atoms with Crippen LogP contribution in [0.25, 0.3) is 10.2 Å². The molecular formula is C18H19FN4S. The third-order valence-electron chi connectivity index (χ3n) is 4.63. The van der Waals surface area contributed by atoms with Crippen molar-refractivity contribution in [2.75, 3.05) is 29.9 Å². The number of thiazole rings is 1. The fourth-order valence-corrected chi connectivity index (χ4v) is 4.26. The molecule has 1 aliphatic heterocycles. The van der Waals surface area contributed by atoms with Gasteiger partial charge in [-0.25, -0.2) is 14.4 Å². The van der Waals surface area contributed by atoms with E-state index in [1.54, 1.807) is 23.5 Å². The molecular weight excluding hydrogens is 323 g/mol. The molecule has 3 aromatic rings. The first kappa shape index (κ1) is 15.3. The Morgan fingerprint density at radius 3 is 2.79 bits per heavy atom. The lowest BCUT2D eigenvalue weighted by atomic mass is 10.0. The number of fused-ring (bicyclic) bond motifs is 1. The van der Waals surface area contributed by atoms with Crippen LogP contribution >= 0.6 is 11.3 Å². The molecule has 0 saturated carbocycles. The summed E-state index contributed by atoms with van der Waals surface area (Å²) in [6.45, 7) is 1.92. The summed E-state index contributed by atoms with van der Waals surface area (Å²) < 4.78 is 14.3. The number of pyridine rings is 1. The zero-order chi connectivity index (χ0) is 16.5. The predicted molar refractivity (Wildman–Crippen MR) is 97.5 cm³/mol. The standard InChI is InChI=1S/C18H19FN4S/c1-22(17-4-2-3-9-20-17)14-7-10-23(11-8-14)18-21-15-6-5-13(19)12-16(15)24-18/h2-6,9,12,14H,7-8,10-11H2,1H3. The van der Waals surface area contributed by atoms with E-state index in [2.05, 4.69) is 32.9 Å². The maximum Gasteiger partial charge on any atom is 0.186 e. The van der Waals surface area contributed by atoms with Crippen molar-refractivity contribution in [3.05, 3.63) is 48.4 Å². The Hall–Kier alpha value is -2.21. The van der Waals surface area contributed by atoms with E-state index in [-0.39, 0.29) is 5.82 Å². The molecule has 1 aliphatic rings. The number of nitrogens with zero attached hydrogens (tertiary/aromatic N) is 4. The fourth-order valence-electron chi connectivity index (χ4n) is 3.22. The Bertz CT molecular complexity index is 827. The number of anilines is 2. The van der Waals surface area contributed by atoms with Crippen molar-refractivity contribution in [2.45, 2.75) is 18.9 Å². The third-order valence-corrected chi connectivity index (χ3v) is 5.71.